The minimum absolute atomic E-state index is 0.642. The molecule has 98 valence electrons. The number of nitrogens with zero attached hydrogens (tertiary/aromatic N) is 3. The maximum absolute atomic E-state index is 5.69. The van der Waals surface area contributed by atoms with Gasteiger partial charge in [0.2, 0.25) is 0 Å². The molecule has 19 heavy (non-hydrogen) atoms. The van der Waals surface area contributed by atoms with E-state index in [1.807, 2.05) is 11.7 Å². The third kappa shape index (κ3) is 1.94. The molecule has 1 aromatic carbocycles. The Morgan fingerprint density at radius 1 is 1.16 bits per heavy atom. The van der Waals surface area contributed by atoms with Gasteiger partial charge in [-0.05, 0) is 24.6 Å². The summed E-state index contributed by atoms with van der Waals surface area (Å²) in [6.07, 6.45) is 5.06. The van der Waals surface area contributed by atoms with Gasteiger partial charge in [0, 0.05) is 43.0 Å². The molecule has 4 nitrogen and oxygen atoms in total. The topological polar surface area (TPSA) is 48.8 Å². The van der Waals surface area contributed by atoms with Gasteiger partial charge < -0.3 is 10.3 Å². The second kappa shape index (κ2) is 4.55. The fourth-order valence-electron chi connectivity index (χ4n) is 2.63. The molecule has 0 unspecified atom stereocenters. The highest BCUT2D eigenvalue weighted by Crippen LogP contribution is 2.31. The predicted molar refractivity (Wildman–Crippen MR) is 77.9 cm³/mol. The molecule has 2 heterocycles. The Morgan fingerprint density at radius 2 is 1.95 bits per heavy atom. The van der Waals surface area contributed by atoms with Gasteiger partial charge in [0.25, 0.3) is 0 Å². The van der Waals surface area contributed by atoms with Crippen molar-refractivity contribution in [2.45, 2.75) is 6.42 Å². The summed E-state index contributed by atoms with van der Waals surface area (Å²) in [6.45, 7) is 0.642. The van der Waals surface area contributed by atoms with E-state index in [-0.39, 0.29) is 0 Å². The van der Waals surface area contributed by atoms with Crippen molar-refractivity contribution in [1.82, 2.24) is 14.3 Å². The standard InChI is InChI=1S/C15H18N4/c1-18-10-13(12-5-3-4-6-14(12)18)15-11(7-8-16)9-19(2)17-15/h3-6,9-10H,7-8,16H2,1-2H3. The molecule has 2 N–H and O–H groups in total. The Balaban J connectivity index is 2.24. The largest absolute Gasteiger partial charge is 0.350 e. The molecular formula is C15H18N4. The van der Waals surface area contributed by atoms with E-state index in [1.54, 1.807) is 0 Å². The van der Waals surface area contributed by atoms with Crippen LogP contribution in [0.15, 0.2) is 36.7 Å². The van der Waals surface area contributed by atoms with Crippen molar-refractivity contribution in [2.24, 2.45) is 19.8 Å². The van der Waals surface area contributed by atoms with Crippen LogP contribution in [-0.4, -0.2) is 20.9 Å². The summed E-state index contributed by atoms with van der Waals surface area (Å²) in [5, 5.41) is 5.85. The second-order valence-corrected chi connectivity index (χ2v) is 4.89. The lowest BCUT2D eigenvalue weighted by Gasteiger charge is -1.99. The van der Waals surface area contributed by atoms with Gasteiger partial charge in [0.15, 0.2) is 0 Å². The van der Waals surface area contributed by atoms with E-state index in [0.717, 1.165) is 12.1 Å². The number of hydrogen-bond acceptors (Lipinski definition) is 2. The molecular weight excluding hydrogens is 236 g/mol. The number of fused-ring (bicyclic) bond motifs is 1. The van der Waals surface area contributed by atoms with Gasteiger partial charge in [-0.15, -0.1) is 0 Å². The third-order valence-electron chi connectivity index (χ3n) is 3.47. The lowest BCUT2D eigenvalue weighted by Crippen LogP contribution is -2.02. The molecule has 0 atom stereocenters. The molecule has 0 fully saturated rings. The molecule has 0 aliphatic rings. The van der Waals surface area contributed by atoms with E-state index in [1.165, 1.54) is 22.0 Å². The quantitative estimate of drug-likeness (QED) is 0.778. The Morgan fingerprint density at radius 3 is 2.74 bits per heavy atom. The number of hydrogen-bond donors (Lipinski definition) is 1. The Labute approximate surface area is 112 Å². The average molecular weight is 254 g/mol. The molecule has 0 aliphatic heterocycles. The van der Waals surface area contributed by atoms with Gasteiger partial charge >= 0.3 is 0 Å². The lowest BCUT2D eigenvalue weighted by atomic mass is 10.1. The molecule has 0 spiro atoms. The molecule has 0 amide bonds. The number of nitrogens with two attached hydrogens (primary N) is 1. The van der Waals surface area contributed by atoms with Crippen LogP contribution in [0.5, 0.6) is 0 Å². The normalized spacial score (nSPS) is 11.3. The van der Waals surface area contributed by atoms with Crippen LogP contribution >= 0.6 is 0 Å². The van der Waals surface area contributed by atoms with E-state index in [4.69, 9.17) is 5.73 Å². The van der Waals surface area contributed by atoms with Gasteiger partial charge in [-0.2, -0.15) is 5.10 Å². The van der Waals surface area contributed by atoms with Crippen molar-refractivity contribution in [1.29, 1.82) is 0 Å². The van der Waals surface area contributed by atoms with E-state index >= 15 is 0 Å². The van der Waals surface area contributed by atoms with Crippen molar-refractivity contribution in [3.8, 4) is 11.3 Å². The van der Waals surface area contributed by atoms with Crippen LogP contribution in [0.25, 0.3) is 22.2 Å². The van der Waals surface area contributed by atoms with Gasteiger partial charge in [-0.3, -0.25) is 4.68 Å². The van der Waals surface area contributed by atoms with Gasteiger partial charge in [-0.1, -0.05) is 18.2 Å². The number of aryl methyl sites for hydroxylation is 2. The predicted octanol–water partition coefficient (Wildman–Crippen LogP) is 2.08. The SMILES string of the molecule is Cn1cc(CCN)c(-c2cn(C)c3ccccc23)n1. The number of rotatable bonds is 3. The Hall–Kier alpha value is -2.07. The van der Waals surface area contributed by atoms with E-state index in [2.05, 4.69) is 53.4 Å². The third-order valence-corrected chi connectivity index (χ3v) is 3.47. The number of para-hydroxylation sites is 1. The van der Waals surface area contributed by atoms with Crippen LogP contribution in [0, 0.1) is 0 Å². The molecule has 0 aliphatic carbocycles. The fourth-order valence-corrected chi connectivity index (χ4v) is 2.63. The summed E-state index contributed by atoms with van der Waals surface area (Å²) in [4.78, 5) is 0. The highest BCUT2D eigenvalue weighted by molar-refractivity contribution is 5.95. The summed E-state index contributed by atoms with van der Waals surface area (Å²) in [7, 11) is 4.02. The Kier molecular flexibility index (Phi) is 2.87. The van der Waals surface area contributed by atoms with Crippen LogP contribution in [0.4, 0.5) is 0 Å². The zero-order valence-electron chi connectivity index (χ0n) is 11.3. The van der Waals surface area contributed by atoms with Crippen molar-refractivity contribution >= 4 is 10.9 Å². The van der Waals surface area contributed by atoms with Gasteiger partial charge in [0.1, 0.15) is 0 Å². The molecule has 0 bridgehead atoms. The molecule has 0 radical (unpaired) electrons. The number of benzene rings is 1. The van der Waals surface area contributed by atoms with Crippen molar-refractivity contribution in [2.75, 3.05) is 6.54 Å². The second-order valence-electron chi connectivity index (χ2n) is 4.89. The lowest BCUT2D eigenvalue weighted by molar-refractivity contribution is 0.769. The van der Waals surface area contributed by atoms with Crippen LogP contribution in [-0.2, 0) is 20.5 Å². The molecule has 0 saturated heterocycles. The molecule has 0 saturated carbocycles. The van der Waals surface area contributed by atoms with Crippen LogP contribution in [0.2, 0.25) is 0 Å². The molecule has 4 heteroatoms. The summed E-state index contributed by atoms with van der Waals surface area (Å²) < 4.78 is 4.01. The first-order chi connectivity index (χ1) is 9.20. The van der Waals surface area contributed by atoms with Gasteiger partial charge in [-0.25, -0.2) is 0 Å². The monoisotopic (exact) mass is 254 g/mol. The first-order valence-electron chi connectivity index (χ1n) is 6.47. The van der Waals surface area contributed by atoms with E-state index < -0.39 is 0 Å². The maximum Gasteiger partial charge on any atom is 0.0976 e. The minimum Gasteiger partial charge on any atom is -0.350 e. The average Bonchev–Trinajstić information content (AvgIpc) is 2.92. The first-order valence-corrected chi connectivity index (χ1v) is 6.47. The van der Waals surface area contributed by atoms with Gasteiger partial charge in [0.05, 0.1) is 5.69 Å². The highest BCUT2D eigenvalue weighted by Gasteiger charge is 2.14. The summed E-state index contributed by atoms with van der Waals surface area (Å²) in [5.41, 5.74) is 10.4. The first kappa shape index (κ1) is 12.0. The smallest absolute Gasteiger partial charge is 0.0976 e. The minimum atomic E-state index is 0.642. The summed E-state index contributed by atoms with van der Waals surface area (Å²) >= 11 is 0. The Bertz CT molecular complexity index is 721. The van der Waals surface area contributed by atoms with Crippen molar-refractivity contribution in [3.63, 3.8) is 0 Å². The maximum atomic E-state index is 5.69. The summed E-state index contributed by atoms with van der Waals surface area (Å²) in [6, 6.07) is 8.40. The number of aromatic nitrogens is 3. The van der Waals surface area contributed by atoms with Crippen LogP contribution in [0.3, 0.4) is 0 Å². The van der Waals surface area contributed by atoms with Crippen molar-refractivity contribution < 1.29 is 0 Å². The molecule has 3 aromatic rings. The molecule has 3 rings (SSSR count). The van der Waals surface area contributed by atoms with E-state index in [9.17, 15) is 0 Å². The zero-order chi connectivity index (χ0) is 13.4. The van der Waals surface area contributed by atoms with Crippen molar-refractivity contribution in [3.05, 3.63) is 42.2 Å². The van der Waals surface area contributed by atoms with Crippen LogP contribution < -0.4 is 5.73 Å². The molecule has 2 aromatic heterocycles. The fraction of sp³-hybridized carbons (Fsp3) is 0.267. The zero-order valence-corrected chi connectivity index (χ0v) is 11.3. The highest BCUT2D eigenvalue weighted by atomic mass is 15.3. The summed E-state index contributed by atoms with van der Waals surface area (Å²) in [5.74, 6) is 0. The van der Waals surface area contributed by atoms with E-state index in [0.29, 0.717) is 6.54 Å². The van der Waals surface area contributed by atoms with Crippen LogP contribution in [0.1, 0.15) is 5.56 Å².